The molecule has 2 aromatic carbocycles. The Bertz CT molecular complexity index is 534. The average Bonchev–Trinajstić information content (AvgIpc) is 2.34. The van der Waals surface area contributed by atoms with Crippen LogP contribution < -0.4 is 5.32 Å². The summed E-state index contributed by atoms with van der Waals surface area (Å²) in [6, 6.07) is 13.5. The van der Waals surface area contributed by atoms with Crippen LogP contribution in [0.15, 0.2) is 46.9 Å². The highest BCUT2D eigenvalue weighted by Gasteiger charge is 1.99. The van der Waals surface area contributed by atoms with Crippen molar-refractivity contribution in [3.8, 4) is 0 Å². The van der Waals surface area contributed by atoms with Gasteiger partial charge >= 0.3 is 0 Å². The molecule has 0 saturated carbocycles. The number of hydrogen-bond donors (Lipinski definition) is 1. The molecule has 0 aliphatic rings. The Hall–Kier alpha value is -1.19. The fourth-order valence-corrected chi connectivity index (χ4v) is 2.56. The molecule has 0 fully saturated rings. The van der Waals surface area contributed by atoms with E-state index in [1.54, 1.807) is 6.07 Å². The molecule has 3 heteroatoms. The molecule has 0 spiro atoms. The van der Waals surface area contributed by atoms with Gasteiger partial charge in [-0.05, 0) is 49.2 Å². The highest BCUT2D eigenvalue weighted by molar-refractivity contribution is 9.10. The number of rotatable bonds is 5. The lowest BCUT2D eigenvalue weighted by Crippen LogP contribution is -2.16. The van der Waals surface area contributed by atoms with Gasteiger partial charge in [-0.15, -0.1) is 0 Å². The molecule has 100 valence electrons. The van der Waals surface area contributed by atoms with E-state index in [9.17, 15) is 4.39 Å². The predicted octanol–water partition coefficient (Wildman–Crippen LogP) is 4.23. The van der Waals surface area contributed by atoms with Crippen LogP contribution in [0.2, 0.25) is 0 Å². The molecule has 1 nitrogen and oxygen atoms in total. The molecule has 1 N–H and O–H groups in total. The van der Waals surface area contributed by atoms with Gasteiger partial charge in [0.05, 0.1) is 0 Å². The average molecular weight is 322 g/mol. The third-order valence-corrected chi connectivity index (χ3v) is 3.38. The van der Waals surface area contributed by atoms with Crippen LogP contribution in [0, 0.1) is 12.7 Å². The summed E-state index contributed by atoms with van der Waals surface area (Å²) < 4.78 is 14.0. The minimum atomic E-state index is -0.204. The lowest BCUT2D eigenvalue weighted by Gasteiger charge is -2.06. The van der Waals surface area contributed by atoms with Gasteiger partial charge in [-0.3, -0.25) is 0 Å². The first-order valence-electron chi connectivity index (χ1n) is 6.35. The van der Waals surface area contributed by atoms with E-state index in [2.05, 4.69) is 52.4 Å². The van der Waals surface area contributed by atoms with Gasteiger partial charge in [0, 0.05) is 11.0 Å². The summed E-state index contributed by atoms with van der Waals surface area (Å²) >= 11 is 3.30. The van der Waals surface area contributed by atoms with Crippen LogP contribution in [-0.4, -0.2) is 6.54 Å². The van der Waals surface area contributed by atoms with Gasteiger partial charge in [-0.2, -0.15) is 0 Å². The Labute approximate surface area is 122 Å². The summed E-state index contributed by atoms with van der Waals surface area (Å²) in [5.41, 5.74) is 3.57. The fraction of sp³-hybridized carbons (Fsp3) is 0.250. The van der Waals surface area contributed by atoms with Crippen LogP contribution in [0.5, 0.6) is 0 Å². The minimum absolute atomic E-state index is 0.204. The standard InChI is InChI=1S/C16H17BrFN/c1-12-3-2-4-13(7-12)5-6-19-11-14-8-15(17)10-16(18)9-14/h2-4,7-10,19H,5-6,11H2,1H3. The number of aryl methyl sites for hydroxylation is 1. The lowest BCUT2D eigenvalue weighted by molar-refractivity contribution is 0.619. The minimum Gasteiger partial charge on any atom is -0.312 e. The molecule has 0 amide bonds. The van der Waals surface area contributed by atoms with E-state index < -0.39 is 0 Å². The van der Waals surface area contributed by atoms with E-state index >= 15 is 0 Å². The monoisotopic (exact) mass is 321 g/mol. The Morgan fingerprint density at radius 2 is 1.95 bits per heavy atom. The van der Waals surface area contributed by atoms with Crippen molar-refractivity contribution in [1.82, 2.24) is 5.32 Å². The van der Waals surface area contributed by atoms with Crippen LogP contribution >= 0.6 is 15.9 Å². The molecule has 0 radical (unpaired) electrons. The van der Waals surface area contributed by atoms with Gasteiger partial charge in [0.15, 0.2) is 0 Å². The summed E-state index contributed by atoms with van der Waals surface area (Å²) in [7, 11) is 0. The first-order valence-corrected chi connectivity index (χ1v) is 7.14. The quantitative estimate of drug-likeness (QED) is 0.813. The van der Waals surface area contributed by atoms with Crippen molar-refractivity contribution in [1.29, 1.82) is 0 Å². The topological polar surface area (TPSA) is 12.0 Å². The maximum absolute atomic E-state index is 13.2. The van der Waals surface area contributed by atoms with E-state index in [0.29, 0.717) is 6.54 Å². The van der Waals surface area contributed by atoms with Crippen molar-refractivity contribution in [2.24, 2.45) is 0 Å². The van der Waals surface area contributed by atoms with Gasteiger partial charge in [-0.1, -0.05) is 45.8 Å². The van der Waals surface area contributed by atoms with E-state index in [1.165, 1.54) is 17.2 Å². The van der Waals surface area contributed by atoms with Crippen molar-refractivity contribution in [3.05, 3.63) is 69.4 Å². The normalized spacial score (nSPS) is 10.7. The number of halogens is 2. The third kappa shape index (κ3) is 4.77. The Kier molecular flexibility index (Phi) is 5.11. The summed E-state index contributed by atoms with van der Waals surface area (Å²) in [6.45, 7) is 3.67. The maximum atomic E-state index is 13.2. The van der Waals surface area contributed by atoms with Crippen molar-refractivity contribution in [2.45, 2.75) is 19.9 Å². The van der Waals surface area contributed by atoms with Gasteiger partial charge in [0.2, 0.25) is 0 Å². The van der Waals surface area contributed by atoms with Crippen LogP contribution in [0.1, 0.15) is 16.7 Å². The van der Waals surface area contributed by atoms with E-state index in [-0.39, 0.29) is 5.82 Å². The Balaban J connectivity index is 1.80. The maximum Gasteiger partial charge on any atom is 0.124 e. The zero-order valence-electron chi connectivity index (χ0n) is 10.9. The summed E-state index contributed by atoms with van der Waals surface area (Å²) in [5.74, 6) is -0.204. The molecule has 0 aromatic heterocycles. The molecule has 0 aliphatic carbocycles. The molecule has 0 atom stereocenters. The first kappa shape index (κ1) is 14.2. The molecule has 2 rings (SSSR count). The van der Waals surface area contributed by atoms with E-state index in [1.807, 2.05) is 6.07 Å². The van der Waals surface area contributed by atoms with Gasteiger partial charge in [-0.25, -0.2) is 4.39 Å². The van der Waals surface area contributed by atoms with Crippen molar-refractivity contribution >= 4 is 15.9 Å². The van der Waals surface area contributed by atoms with Gasteiger partial charge < -0.3 is 5.32 Å². The highest BCUT2D eigenvalue weighted by atomic mass is 79.9. The third-order valence-electron chi connectivity index (χ3n) is 2.92. The zero-order valence-corrected chi connectivity index (χ0v) is 12.5. The Morgan fingerprint density at radius 1 is 1.11 bits per heavy atom. The summed E-state index contributed by atoms with van der Waals surface area (Å²) in [5, 5.41) is 3.34. The fourth-order valence-electron chi connectivity index (χ4n) is 2.05. The molecule has 0 bridgehead atoms. The molecule has 2 aromatic rings. The lowest BCUT2D eigenvalue weighted by atomic mass is 10.1. The van der Waals surface area contributed by atoms with Gasteiger partial charge in [0.25, 0.3) is 0 Å². The van der Waals surface area contributed by atoms with Crippen LogP contribution in [-0.2, 0) is 13.0 Å². The van der Waals surface area contributed by atoms with Gasteiger partial charge in [0.1, 0.15) is 5.82 Å². The second-order valence-electron chi connectivity index (χ2n) is 4.69. The molecule has 0 unspecified atom stereocenters. The van der Waals surface area contributed by atoms with E-state index in [4.69, 9.17) is 0 Å². The van der Waals surface area contributed by atoms with Crippen molar-refractivity contribution in [2.75, 3.05) is 6.54 Å². The Morgan fingerprint density at radius 3 is 2.68 bits per heavy atom. The smallest absolute Gasteiger partial charge is 0.124 e. The number of hydrogen-bond acceptors (Lipinski definition) is 1. The number of benzene rings is 2. The number of nitrogens with one attached hydrogen (secondary N) is 1. The summed E-state index contributed by atoms with van der Waals surface area (Å²) in [6.07, 6.45) is 0.984. The highest BCUT2D eigenvalue weighted by Crippen LogP contribution is 2.14. The molecule has 0 aliphatic heterocycles. The SMILES string of the molecule is Cc1cccc(CCNCc2cc(F)cc(Br)c2)c1. The van der Waals surface area contributed by atoms with Crippen LogP contribution in [0.4, 0.5) is 4.39 Å². The van der Waals surface area contributed by atoms with Crippen molar-refractivity contribution < 1.29 is 4.39 Å². The first-order chi connectivity index (χ1) is 9.13. The zero-order chi connectivity index (χ0) is 13.7. The van der Waals surface area contributed by atoms with Crippen LogP contribution in [0.25, 0.3) is 0 Å². The molecular formula is C16H17BrFN. The van der Waals surface area contributed by atoms with Crippen LogP contribution in [0.3, 0.4) is 0 Å². The molecule has 0 saturated heterocycles. The molecule has 19 heavy (non-hydrogen) atoms. The summed E-state index contributed by atoms with van der Waals surface area (Å²) in [4.78, 5) is 0. The predicted molar refractivity (Wildman–Crippen MR) is 80.7 cm³/mol. The second kappa shape index (κ2) is 6.83. The largest absolute Gasteiger partial charge is 0.312 e. The molecule has 0 heterocycles. The molecular weight excluding hydrogens is 305 g/mol. The second-order valence-corrected chi connectivity index (χ2v) is 5.61. The van der Waals surface area contributed by atoms with E-state index in [0.717, 1.165) is 23.0 Å². The van der Waals surface area contributed by atoms with Crippen molar-refractivity contribution in [3.63, 3.8) is 0 Å².